The molecule has 1 N–H and O–H groups in total. The quantitative estimate of drug-likeness (QED) is 0.769. The summed E-state index contributed by atoms with van der Waals surface area (Å²) >= 11 is 6.62. The SMILES string of the molecule is O=C(O)C1CCN(C(=O)CN2C(=O)SC(=Cc3ccc(Cl)cc3)C2=O)CC1. The highest BCUT2D eigenvalue weighted by molar-refractivity contribution is 8.18. The number of piperidine rings is 1. The zero-order valence-corrected chi connectivity index (χ0v) is 15.8. The van der Waals surface area contributed by atoms with Crippen molar-refractivity contribution in [3.05, 3.63) is 39.8 Å². The number of hydrogen-bond donors (Lipinski definition) is 1. The first-order valence-electron chi connectivity index (χ1n) is 8.36. The van der Waals surface area contributed by atoms with Gasteiger partial charge in [0.15, 0.2) is 0 Å². The molecule has 3 amide bonds. The van der Waals surface area contributed by atoms with Crippen molar-refractivity contribution < 1.29 is 24.3 Å². The number of nitrogens with zero attached hydrogens (tertiary/aromatic N) is 2. The lowest BCUT2D eigenvalue weighted by Gasteiger charge is -2.30. The fourth-order valence-corrected chi connectivity index (χ4v) is 3.92. The predicted molar refractivity (Wildman–Crippen MR) is 101 cm³/mol. The van der Waals surface area contributed by atoms with Crippen LogP contribution in [-0.2, 0) is 14.4 Å². The van der Waals surface area contributed by atoms with E-state index in [1.807, 2.05) is 0 Å². The van der Waals surface area contributed by atoms with Gasteiger partial charge in [-0.15, -0.1) is 0 Å². The molecular weight excluding hydrogens is 392 g/mol. The molecule has 0 bridgehead atoms. The fraction of sp³-hybridized carbons (Fsp3) is 0.333. The standard InChI is InChI=1S/C18H17ClN2O5S/c19-13-3-1-11(2-4-13)9-14-16(23)21(18(26)27-14)10-15(22)20-7-5-12(6-8-20)17(24)25/h1-4,9,12H,5-8,10H2,(H,24,25). The van der Waals surface area contributed by atoms with Gasteiger partial charge in [0.1, 0.15) is 6.54 Å². The number of carboxylic acids is 1. The van der Waals surface area contributed by atoms with Gasteiger partial charge in [0.2, 0.25) is 5.91 Å². The van der Waals surface area contributed by atoms with Crippen molar-refractivity contribution in [1.82, 2.24) is 9.80 Å². The van der Waals surface area contributed by atoms with Crippen LogP contribution in [0.5, 0.6) is 0 Å². The molecule has 142 valence electrons. The van der Waals surface area contributed by atoms with Gasteiger partial charge in [0, 0.05) is 18.1 Å². The number of halogens is 1. The lowest BCUT2D eigenvalue weighted by molar-refractivity contribution is -0.146. The van der Waals surface area contributed by atoms with Gasteiger partial charge < -0.3 is 10.0 Å². The number of benzene rings is 1. The monoisotopic (exact) mass is 408 g/mol. The minimum Gasteiger partial charge on any atom is -0.481 e. The van der Waals surface area contributed by atoms with Crippen LogP contribution in [0.2, 0.25) is 5.02 Å². The van der Waals surface area contributed by atoms with E-state index in [4.69, 9.17) is 16.7 Å². The Balaban J connectivity index is 1.63. The Kier molecular flexibility index (Phi) is 5.86. The highest BCUT2D eigenvalue weighted by Gasteiger charge is 2.37. The van der Waals surface area contributed by atoms with Crippen molar-refractivity contribution in [2.24, 2.45) is 5.92 Å². The molecule has 0 radical (unpaired) electrons. The van der Waals surface area contributed by atoms with Gasteiger partial charge in [-0.2, -0.15) is 0 Å². The summed E-state index contributed by atoms with van der Waals surface area (Å²) in [5.41, 5.74) is 0.729. The zero-order chi connectivity index (χ0) is 19.6. The van der Waals surface area contributed by atoms with Gasteiger partial charge in [-0.1, -0.05) is 23.7 Å². The topological polar surface area (TPSA) is 95.0 Å². The van der Waals surface area contributed by atoms with E-state index in [2.05, 4.69) is 0 Å². The smallest absolute Gasteiger partial charge is 0.306 e. The van der Waals surface area contributed by atoms with E-state index in [1.165, 1.54) is 4.90 Å². The van der Waals surface area contributed by atoms with Gasteiger partial charge in [0.05, 0.1) is 10.8 Å². The second-order valence-corrected chi connectivity index (χ2v) is 7.74. The van der Waals surface area contributed by atoms with Crippen molar-refractivity contribution >= 4 is 52.5 Å². The van der Waals surface area contributed by atoms with E-state index in [9.17, 15) is 19.2 Å². The number of carbonyl (C=O) groups excluding carboxylic acids is 3. The normalized spacial score (nSPS) is 19.8. The third-order valence-corrected chi connectivity index (χ3v) is 5.69. The first-order valence-corrected chi connectivity index (χ1v) is 9.56. The Bertz CT molecular complexity index is 816. The number of hydrogen-bond acceptors (Lipinski definition) is 5. The Morgan fingerprint density at radius 3 is 2.41 bits per heavy atom. The summed E-state index contributed by atoms with van der Waals surface area (Å²) in [6, 6.07) is 6.83. The lowest BCUT2D eigenvalue weighted by atomic mass is 9.97. The molecule has 2 aliphatic rings. The third-order valence-electron chi connectivity index (χ3n) is 4.53. The predicted octanol–water partition coefficient (Wildman–Crippen LogP) is 2.70. The van der Waals surface area contributed by atoms with Crippen LogP contribution < -0.4 is 0 Å². The molecule has 1 aromatic rings. The van der Waals surface area contributed by atoms with E-state index in [0.29, 0.717) is 31.0 Å². The molecule has 0 saturated carbocycles. The van der Waals surface area contributed by atoms with Gasteiger partial charge in [-0.05, 0) is 48.4 Å². The number of imide groups is 1. The molecule has 9 heteroatoms. The maximum atomic E-state index is 12.5. The molecule has 0 atom stereocenters. The summed E-state index contributed by atoms with van der Waals surface area (Å²) in [5.74, 6) is -2.17. The highest BCUT2D eigenvalue weighted by atomic mass is 35.5. The molecule has 2 saturated heterocycles. The number of rotatable bonds is 4. The van der Waals surface area contributed by atoms with Crippen molar-refractivity contribution in [2.45, 2.75) is 12.8 Å². The number of carboxylic acid groups (broad SMARTS) is 1. The van der Waals surface area contributed by atoms with Crippen molar-refractivity contribution in [2.75, 3.05) is 19.6 Å². The Morgan fingerprint density at radius 2 is 1.81 bits per heavy atom. The molecule has 27 heavy (non-hydrogen) atoms. The van der Waals surface area contributed by atoms with Crippen LogP contribution in [0.15, 0.2) is 29.2 Å². The first-order chi connectivity index (χ1) is 12.8. The second kappa shape index (κ2) is 8.14. The molecule has 0 unspecified atom stereocenters. The number of thioether (sulfide) groups is 1. The van der Waals surface area contributed by atoms with Crippen molar-refractivity contribution in [3.8, 4) is 0 Å². The minimum absolute atomic E-state index is 0.250. The maximum absolute atomic E-state index is 12.5. The number of amides is 3. The van der Waals surface area contributed by atoms with Crippen LogP contribution in [0.3, 0.4) is 0 Å². The summed E-state index contributed by atoms with van der Waals surface area (Å²) in [5, 5.41) is 9.09. The molecule has 2 heterocycles. The van der Waals surface area contributed by atoms with E-state index in [0.717, 1.165) is 22.2 Å². The Morgan fingerprint density at radius 1 is 1.19 bits per heavy atom. The van der Waals surface area contributed by atoms with Crippen LogP contribution in [0.4, 0.5) is 4.79 Å². The zero-order valence-electron chi connectivity index (χ0n) is 14.3. The molecule has 1 aromatic carbocycles. The van der Waals surface area contributed by atoms with Crippen molar-refractivity contribution in [3.63, 3.8) is 0 Å². The van der Waals surface area contributed by atoms with E-state index in [-0.39, 0.29) is 17.4 Å². The van der Waals surface area contributed by atoms with Crippen LogP contribution in [0, 0.1) is 5.92 Å². The van der Waals surface area contributed by atoms with Crippen LogP contribution in [-0.4, -0.2) is 57.6 Å². The third kappa shape index (κ3) is 4.51. The van der Waals surface area contributed by atoms with Crippen LogP contribution in [0.25, 0.3) is 6.08 Å². The average molecular weight is 409 g/mol. The molecule has 2 aliphatic heterocycles. The fourth-order valence-electron chi connectivity index (χ4n) is 2.96. The molecule has 7 nitrogen and oxygen atoms in total. The van der Waals surface area contributed by atoms with E-state index < -0.39 is 23.0 Å². The summed E-state index contributed by atoms with van der Waals surface area (Å²) in [4.78, 5) is 50.7. The molecule has 0 aromatic heterocycles. The molecular formula is C18H17ClN2O5S. The number of aliphatic carboxylic acids is 1. The molecule has 3 rings (SSSR count). The number of likely N-dealkylation sites (tertiary alicyclic amines) is 1. The summed E-state index contributed by atoms with van der Waals surface area (Å²) in [7, 11) is 0. The summed E-state index contributed by atoms with van der Waals surface area (Å²) in [6.07, 6.45) is 2.34. The summed E-state index contributed by atoms with van der Waals surface area (Å²) in [6.45, 7) is 0.291. The number of carbonyl (C=O) groups is 4. The lowest BCUT2D eigenvalue weighted by Crippen LogP contribution is -2.46. The van der Waals surface area contributed by atoms with Crippen molar-refractivity contribution in [1.29, 1.82) is 0 Å². The maximum Gasteiger partial charge on any atom is 0.306 e. The van der Waals surface area contributed by atoms with Gasteiger partial charge in [-0.3, -0.25) is 24.1 Å². The minimum atomic E-state index is -0.861. The molecule has 2 fully saturated rings. The van der Waals surface area contributed by atoms with E-state index >= 15 is 0 Å². The van der Waals surface area contributed by atoms with E-state index in [1.54, 1.807) is 30.3 Å². The van der Waals surface area contributed by atoms with Crippen LogP contribution in [0.1, 0.15) is 18.4 Å². The molecule has 0 spiro atoms. The largest absolute Gasteiger partial charge is 0.481 e. The summed E-state index contributed by atoms with van der Waals surface area (Å²) < 4.78 is 0. The Labute approximate surface area is 164 Å². The Hall–Kier alpha value is -2.32. The van der Waals surface area contributed by atoms with Gasteiger partial charge in [0.25, 0.3) is 11.1 Å². The average Bonchev–Trinajstić information content (AvgIpc) is 2.91. The van der Waals surface area contributed by atoms with Gasteiger partial charge in [-0.25, -0.2) is 0 Å². The first kappa shape index (κ1) is 19.4. The molecule has 0 aliphatic carbocycles. The van der Waals surface area contributed by atoms with Crippen LogP contribution >= 0.6 is 23.4 Å². The second-order valence-electron chi connectivity index (χ2n) is 6.31. The highest BCUT2D eigenvalue weighted by Crippen LogP contribution is 2.32. The van der Waals surface area contributed by atoms with Gasteiger partial charge >= 0.3 is 5.97 Å².